The normalized spacial score (nSPS) is 20.6. The third kappa shape index (κ3) is 4.58. The molecular formula is C24H28O5. The van der Waals surface area contributed by atoms with Gasteiger partial charge < -0.3 is 19.3 Å². The first kappa shape index (κ1) is 21.2. The summed E-state index contributed by atoms with van der Waals surface area (Å²) in [6, 6.07) is 19.1. The summed E-state index contributed by atoms with van der Waals surface area (Å²) >= 11 is 0. The second-order valence-electron chi connectivity index (χ2n) is 8.10. The molecule has 1 N–H and O–H groups in total. The molecule has 1 heterocycles. The lowest BCUT2D eigenvalue weighted by atomic mass is 9.96. The van der Waals surface area contributed by atoms with Crippen LogP contribution in [0.25, 0.3) is 0 Å². The fraction of sp³-hybridized carbons (Fsp3) is 0.375. The Morgan fingerprint density at radius 2 is 1.66 bits per heavy atom. The van der Waals surface area contributed by atoms with Crippen LogP contribution < -0.4 is 0 Å². The Balaban J connectivity index is 1.88. The number of benzene rings is 2. The highest BCUT2D eigenvalue weighted by Crippen LogP contribution is 2.42. The quantitative estimate of drug-likeness (QED) is 0.594. The van der Waals surface area contributed by atoms with Gasteiger partial charge in [0.25, 0.3) is 0 Å². The van der Waals surface area contributed by atoms with Gasteiger partial charge in [-0.05, 0) is 20.8 Å². The Bertz CT molecular complexity index is 786. The second-order valence-corrected chi connectivity index (χ2v) is 8.10. The molecule has 0 saturated carbocycles. The van der Waals surface area contributed by atoms with Gasteiger partial charge in [0.15, 0.2) is 0 Å². The summed E-state index contributed by atoms with van der Waals surface area (Å²) in [6.45, 7) is 9.16. The Labute approximate surface area is 171 Å². The van der Waals surface area contributed by atoms with Gasteiger partial charge in [-0.2, -0.15) is 0 Å². The van der Waals surface area contributed by atoms with Gasteiger partial charge in [0.2, 0.25) is 5.79 Å². The zero-order chi connectivity index (χ0) is 21.1. The molecule has 1 fully saturated rings. The fourth-order valence-corrected chi connectivity index (χ4v) is 3.41. The molecule has 3 rings (SSSR count). The van der Waals surface area contributed by atoms with Crippen molar-refractivity contribution in [1.29, 1.82) is 0 Å². The van der Waals surface area contributed by atoms with Crippen LogP contribution in [0.4, 0.5) is 0 Å². The first-order valence-electron chi connectivity index (χ1n) is 9.73. The SMILES string of the molecule is C=C[C@@H](C(=O)OC(C)(C)C)[C@H](O)[C@H]1COC(c2ccccc2)(c2ccccc2)O1. The summed E-state index contributed by atoms with van der Waals surface area (Å²) in [6.07, 6.45) is -0.491. The number of esters is 1. The fourth-order valence-electron chi connectivity index (χ4n) is 3.41. The molecule has 29 heavy (non-hydrogen) atoms. The van der Waals surface area contributed by atoms with Crippen LogP contribution >= 0.6 is 0 Å². The van der Waals surface area contributed by atoms with E-state index < -0.39 is 35.5 Å². The smallest absolute Gasteiger partial charge is 0.316 e. The van der Waals surface area contributed by atoms with E-state index in [0.29, 0.717) is 0 Å². The van der Waals surface area contributed by atoms with E-state index in [1.807, 2.05) is 60.7 Å². The molecule has 154 valence electrons. The van der Waals surface area contributed by atoms with Crippen molar-refractivity contribution in [3.63, 3.8) is 0 Å². The van der Waals surface area contributed by atoms with Crippen LogP contribution in [0.1, 0.15) is 31.9 Å². The number of rotatable bonds is 6. The number of carbonyl (C=O) groups is 1. The lowest BCUT2D eigenvalue weighted by Crippen LogP contribution is -2.42. The number of aliphatic hydroxyl groups is 1. The van der Waals surface area contributed by atoms with E-state index in [2.05, 4.69) is 6.58 Å². The van der Waals surface area contributed by atoms with E-state index >= 15 is 0 Å². The summed E-state index contributed by atoms with van der Waals surface area (Å²) in [5, 5.41) is 10.9. The van der Waals surface area contributed by atoms with Gasteiger partial charge >= 0.3 is 5.97 Å². The molecule has 0 amide bonds. The van der Waals surface area contributed by atoms with Crippen molar-refractivity contribution in [1.82, 2.24) is 0 Å². The molecule has 0 radical (unpaired) electrons. The molecule has 0 bridgehead atoms. The number of ether oxygens (including phenoxy) is 3. The molecule has 1 aliphatic heterocycles. The van der Waals surface area contributed by atoms with Gasteiger partial charge in [-0.25, -0.2) is 0 Å². The summed E-state index contributed by atoms with van der Waals surface area (Å²) < 4.78 is 17.9. The molecule has 1 saturated heterocycles. The third-order valence-electron chi connectivity index (χ3n) is 4.76. The molecule has 0 spiro atoms. The highest BCUT2D eigenvalue weighted by Gasteiger charge is 2.49. The van der Waals surface area contributed by atoms with Gasteiger partial charge in [0.1, 0.15) is 17.6 Å². The largest absolute Gasteiger partial charge is 0.459 e. The minimum Gasteiger partial charge on any atom is -0.459 e. The molecular weight excluding hydrogens is 368 g/mol. The number of hydrogen-bond acceptors (Lipinski definition) is 5. The summed E-state index contributed by atoms with van der Waals surface area (Å²) in [7, 11) is 0. The van der Waals surface area contributed by atoms with Gasteiger partial charge in [-0.1, -0.05) is 66.7 Å². The van der Waals surface area contributed by atoms with E-state index in [-0.39, 0.29) is 6.61 Å². The van der Waals surface area contributed by atoms with Gasteiger partial charge in [-0.3, -0.25) is 4.79 Å². The molecule has 5 heteroatoms. The van der Waals surface area contributed by atoms with E-state index in [9.17, 15) is 9.90 Å². The maximum Gasteiger partial charge on any atom is 0.316 e. The van der Waals surface area contributed by atoms with Crippen LogP contribution in [0.15, 0.2) is 73.3 Å². The number of carbonyl (C=O) groups excluding carboxylic acids is 1. The monoisotopic (exact) mass is 396 g/mol. The maximum atomic E-state index is 12.5. The molecule has 2 aromatic carbocycles. The third-order valence-corrected chi connectivity index (χ3v) is 4.76. The van der Waals surface area contributed by atoms with Crippen molar-refractivity contribution in [3.8, 4) is 0 Å². The predicted molar refractivity (Wildman–Crippen MR) is 110 cm³/mol. The minimum atomic E-state index is -1.16. The minimum absolute atomic E-state index is 0.123. The Morgan fingerprint density at radius 1 is 1.14 bits per heavy atom. The van der Waals surface area contributed by atoms with Crippen molar-refractivity contribution in [2.75, 3.05) is 6.61 Å². The molecule has 0 unspecified atom stereocenters. The summed E-state index contributed by atoms with van der Waals surface area (Å²) in [5.41, 5.74) is 0.963. The van der Waals surface area contributed by atoms with E-state index in [1.165, 1.54) is 6.08 Å². The van der Waals surface area contributed by atoms with Gasteiger partial charge in [0.05, 0.1) is 12.7 Å². The van der Waals surface area contributed by atoms with Crippen LogP contribution in [-0.4, -0.2) is 35.5 Å². The van der Waals surface area contributed by atoms with Gasteiger partial charge in [0, 0.05) is 11.1 Å². The highest BCUT2D eigenvalue weighted by molar-refractivity contribution is 5.75. The number of aliphatic hydroxyl groups excluding tert-OH is 1. The Hall–Kier alpha value is -2.47. The molecule has 2 aromatic rings. The van der Waals surface area contributed by atoms with Crippen molar-refractivity contribution in [2.45, 2.75) is 44.4 Å². The average Bonchev–Trinajstić information content (AvgIpc) is 3.15. The van der Waals surface area contributed by atoms with E-state index in [0.717, 1.165) is 11.1 Å². The molecule has 1 aliphatic rings. The van der Waals surface area contributed by atoms with Crippen molar-refractivity contribution in [2.24, 2.45) is 5.92 Å². The van der Waals surface area contributed by atoms with Crippen LogP contribution in [0.5, 0.6) is 0 Å². The first-order valence-corrected chi connectivity index (χ1v) is 9.73. The molecule has 0 aromatic heterocycles. The van der Waals surface area contributed by atoms with Crippen molar-refractivity contribution >= 4 is 5.97 Å². The topological polar surface area (TPSA) is 65.0 Å². The standard InChI is InChI=1S/C24H28O5/c1-5-19(22(26)29-23(2,3)4)21(25)20-16-27-24(28-20,17-12-8-6-9-13-17)18-14-10-7-11-15-18/h5-15,19-21,25H,1,16H2,2-4H3/t19-,20-,21+/m1/s1. The summed E-state index contributed by atoms with van der Waals surface area (Å²) in [4.78, 5) is 12.5. The van der Waals surface area contributed by atoms with Crippen LogP contribution in [0, 0.1) is 5.92 Å². The molecule has 3 atom stereocenters. The van der Waals surface area contributed by atoms with E-state index in [4.69, 9.17) is 14.2 Å². The average molecular weight is 396 g/mol. The van der Waals surface area contributed by atoms with Crippen molar-refractivity contribution in [3.05, 3.63) is 84.4 Å². The Morgan fingerprint density at radius 3 is 2.10 bits per heavy atom. The molecule has 0 aliphatic carbocycles. The van der Waals surface area contributed by atoms with Gasteiger partial charge in [-0.15, -0.1) is 6.58 Å². The Kier molecular flexibility index (Phi) is 6.22. The van der Waals surface area contributed by atoms with Crippen LogP contribution in [0.3, 0.4) is 0 Å². The zero-order valence-corrected chi connectivity index (χ0v) is 17.1. The van der Waals surface area contributed by atoms with Crippen LogP contribution in [-0.2, 0) is 24.8 Å². The number of hydrogen-bond donors (Lipinski definition) is 1. The van der Waals surface area contributed by atoms with Crippen LogP contribution in [0.2, 0.25) is 0 Å². The highest BCUT2D eigenvalue weighted by atomic mass is 16.7. The van der Waals surface area contributed by atoms with E-state index in [1.54, 1.807) is 20.8 Å². The molecule has 5 nitrogen and oxygen atoms in total. The maximum absolute atomic E-state index is 12.5. The summed E-state index contributed by atoms with van der Waals surface area (Å²) in [5.74, 6) is -2.63. The zero-order valence-electron chi connectivity index (χ0n) is 17.1. The van der Waals surface area contributed by atoms with Crippen molar-refractivity contribution < 1.29 is 24.1 Å². The predicted octanol–water partition coefficient (Wildman–Crippen LogP) is 3.81. The first-order chi connectivity index (χ1) is 13.8. The lowest BCUT2D eigenvalue weighted by Gasteiger charge is -2.31. The second kappa shape index (κ2) is 8.49. The lowest BCUT2D eigenvalue weighted by molar-refractivity contribution is -0.173.